The van der Waals surface area contributed by atoms with E-state index in [0.29, 0.717) is 0 Å². The minimum Gasteiger partial charge on any atom is -0.0843 e. The van der Waals surface area contributed by atoms with E-state index in [4.69, 9.17) is 11.6 Å². The number of halogens is 1. The first-order chi connectivity index (χ1) is 8.33. The molecule has 92 valence electrons. The normalized spacial score (nSPS) is 22.4. The monoisotopic (exact) mass is 248 g/mol. The molecule has 0 N–H and O–H groups in total. The fraction of sp³-hybridized carbons (Fsp3) is 0.625. The molecule has 0 aliphatic heterocycles. The fourth-order valence-corrected chi connectivity index (χ4v) is 3.88. The Labute approximate surface area is 109 Å². The first-order valence-corrected chi connectivity index (χ1v) is 7.51. The number of hydrogen-bond donors (Lipinski definition) is 0. The van der Waals surface area contributed by atoms with Crippen molar-refractivity contribution in [3.63, 3.8) is 0 Å². The molecule has 0 radical (unpaired) electrons. The van der Waals surface area contributed by atoms with Crippen molar-refractivity contribution in [2.24, 2.45) is 0 Å². The zero-order chi connectivity index (χ0) is 11.7. The van der Waals surface area contributed by atoms with Gasteiger partial charge in [-0.3, -0.25) is 0 Å². The van der Waals surface area contributed by atoms with Crippen molar-refractivity contribution in [3.8, 4) is 0 Å². The Bertz CT molecular complexity index is 350. The molecule has 1 aromatic carbocycles. The van der Waals surface area contributed by atoms with Gasteiger partial charge in [-0.05, 0) is 60.8 Å². The molecule has 0 bridgehead atoms. The van der Waals surface area contributed by atoms with Crippen LogP contribution in [0.5, 0.6) is 0 Å². The van der Waals surface area contributed by atoms with E-state index in [0.717, 1.165) is 16.9 Å². The lowest BCUT2D eigenvalue weighted by Crippen LogP contribution is -1.98. The highest BCUT2D eigenvalue weighted by molar-refractivity contribution is 6.30. The van der Waals surface area contributed by atoms with Gasteiger partial charge in [-0.15, -0.1) is 0 Å². The summed E-state index contributed by atoms with van der Waals surface area (Å²) in [5.74, 6) is 1.57. The van der Waals surface area contributed by atoms with Gasteiger partial charge in [-0.1, -0.05) is 43.4 Å². The van der Waals surface area contributed by atoms with E-state index >= 15 is 0 Å². The van der Waals surface area contributed by atoms with Crippen molar-refractivity contribution in [3.05, 3.63) is 34.3 Å². The molecule has 1 heteroatoms. The van der Waals surface area contributed by atoms with Gasteiger partial charge in [0.2, 0.25) is 0 Å². The zero-order valence-corrected chi connectivity index (χ0v) is 11.2. The fourth-order valence-electron chi connectivity index (χ4n) is 3.63. The Kier molecular flexibility index (Phi) is 3.42. The van der Waals surface area contributed by atoms with Crippen molar-refractivity contribution in [2.75, 3.05) is 0 Å². The lowest BCUT2D eigenvalue weighted by molar-refractivity contribution is 0.700. The van der Waals surface area contributed by atoms with Gasteiger partial charge in [0.05, 0.1) is 0 Å². The molecule has 0 amide bonds. The van der Waals surface area contributed by atoms with Crippen LogP contribution < -0.4 is 0 Å². The molecule has 17 heavy (non-hydrogen) atoms. The van der Waals surface area contributed by atoms with E-state index in [1.807, 2.05) is 0 Å². The smallest absolute Gasteiger partial charge is 0.0411 e. The van der Waals surface area contributed by atoms with Crippen molar-refractivity contribution in [1.82, 2.24) is 0 Å². The SMILES string of the molecule is Clc1cc(C2CCCC2)cc(C2CCCC2)c1. The predicted octanol–water partition coefficient (Wildman–Crippen LogP) is 5.66. The Balaban J connectivity index is 1.88. The Morgan fingerprint density at radius 1 is 0.706 bits per heavy atom. The average molecular weight is 249 g/mol. The standard InChI is InChI=1S/C16H21Cl/c17-16-10-14(12-5-1-2-6-12)9-15(11-16)13-7-3-4-8-13/h9-13H,1-8H2. The Morgan fingerprint density at radius 2 is 1.12 bits per heavy atom. The predicted molar refractivity (Wildman–Crippen MR) is 73.9 cm³/mol. The molecule has 2 saturated carbocycles. The summed E-state index contributed by atoms with van der Waals surface area (Å²) in [6.07, 6.45) is 11.1. The van der Waals surface area contributed by atoms with E-state index in [1.54, 1.807) is 0 Å². The van der Waals surface area contributed by atoms with Crippen molar-refractivity contribution in [1.29, 1.82) is 0 Å². The van der Waals surface area contributed by atoms with Gasteiger partial charge < -0.3 is 0 Å². The van der Waals surface area contributed by atoms with Crippen LogP contribution in [0.3, 0.4) is 0 Å². The van der Waals surface area contributed by atoms with Gasteiger partial charge in [0.25, 0.3) is 0 Å². The van der Waals surface area contributed by atoms with Crippen LogP contribution in [0.4, 0.5) is 0 Å². The van der Waals surface area contributed by atoms with Gasteiger partial charge in [-0.25, -0.2) is 0 Å². The lowest BCUT2D eigenvalue weighted by atomic mass is 9.91. The first-order valence-electron chi connectivity index (χ1n) is 7.13. The molecule has 1 aromatic rings. The summed E-state index contributed by atoms with van der Waals surface area (Å²) in [5.41, 5.74) is 3.02. The second-order valence-electron chi connectivity index (χ2n) is 5.78. The van der Waals surface area contributed by atoms with E-state index in [1.165, 1.54) is 62.5 Å². The molecule has 2 fully saturated rings. The molecule has 0 saturated heterocycles. The molecule has 0 unspecified atom stereocenters. The van der Waals surface area contributed by atoms with Crippen LogP contribution >= 0.6 is 11.6 Å². The molecular formula is C16H21Cl. The molecule has 2 aliphatic carbocycles. The molecule has 3 rings (SSSR count). The van der Waals surface area contributed by atoms with Gasteiger partial charge >= 0.3 is 0 Å². The third-order valence-electron chi connectivity index (χ3n) is 4.60. The van der Waals surface area contributed by atoms with Gasteiger partial charge in [-0.2, -0.15) is 0 Å². The zero-order valence-electron chi connectivity index (χ0n) is 10.4. The largest absolute Gasteiger partial charge is 0.0843 e. The third-order valence-corrected chi connectivity index (χ3v) is 4.81. The lowest BCUT2D eigenvalue weighted by Gasteiger charge is -2.15. The first kappa shape index (κ1) is 11.6. The highest BCUT2D eigenvalue weighted by Gasteiger charge is 2.21. The molecule has 0 aromatic heterocycles. The number of rotatable bonds is 2. The number of benzene rings is 1. The van der Waals surface area contributed by atoms with Crippen LogP contribution in [0.2, 0.25) is 5.02 Å². The second kappa shape index (κ2) is 5.02. The molecule has 0 heterocycles. The van der Waals surface area contributed by atoms with Crippen LogP contribution in [0.1, 0.15) is 74.3 Å². The minimum absolute atomic E-state index is 0.786. The maximum absolute atomic E-state index is 6.31. The highest BCUT2D eigenvalue weighted by Crippen LogP contribution is 2.39. The van der Waals surface area contributed by atoms with E-state index in [-0.39, 0.29) is 0 Å². The van der Waals surface area contributed by atoms with Gasteiger partial charge in [0, 0.05) is 5.02 Å². The van der Waals surface area contributed by atoms with Crippen LogP contribution in [-0.2, 0) is 0 Å². The molecule has 0 nitrogen and oxygen atoms in total. The quantitative estimate of drug-likeness (QED) is 0.634. The summed E-state index contributed by atoms with van der Waals surface area (Å²) < 4.78 is 0. The Hall–Kier alpha value is -0.490. The highest BCUT2D eigenvalue weighted by atomic mass is 35.5. The van der Waals surface area contributed by atoms with E-state index < -0.39 is 0 Å². The number of hydrogen-bond acceptors (Lipinski definition) is 0. The van der Waals surface area contributed by atoms with E-state index in [9.17, 15) is 0 Å². The van der Waals surface area contributed by atoms with Crippen LogP contribution in [-0.4, -0.2) is 0 Å². The molecular weight excluding hydrogens is 228 g/mol. The molecule has 0 spiro atoms. The van der Waals surface area contributed by atoms with Crippen LogP contribution in [0.15, 0.2) is 18.2 Å². The van der Waals surface area contributed by atoms with Crippen molar-refractivity contribution in [2.45, 2.75) is 63.2 Å². The average Bonchev–Trinajstić information content (AvgIpc) is 3.02. The maximum atomic E-state index is 6.31. The van der Waals surface area contributed by atoms with Crippen LogP contribution in [0.25, 0.3) is 0 Å². The third kappa shape index (κ3) is 2.52. The second-order valence-corrected chi connectivity index (χ2v) is 6.22. The van der Waals surface area contributed by atoms with Crippen molar-refractivity contribution >= 4 is 11.6 Å². The van der Waals surface area contributed by atoms with Crippen molar-refractivity contribution < 1.29 is 0 Å². The minimum atomic E-state index is 0.786. The van der Waals surface area contributed by atoms with E-state index in [2.05, 4.69) is 18.2 Å². The summed E-state index contributed by atoms with van der Waals surface area (Å²) in [4.78, 5) is 0. The summed E-state index contributed by atoms with van der Waals surface area (Å²) in [6, 6.07) is 6.86. The Morgan fingerprint density at radius 3 is 1.53 bits per heavy atom. The van der Waals surface area contributed by atoms with Crippen LogP contribution in [0, 0.1) is 0 Å². The molecule has 2 aliphatic rings. The topological polar surface area (TPSA) is 0 Å². The van der Waals surface area contributed by atoms with Gasteiger partial charge in [0.1, 0.15) is 0 Å². The van der Waals surface area contributed by atoms with Gasteiger partial charge in [0.15, 0.2) is 0 Å². The molecule has 0 atom stereocenters. The summed E-state index contributed by atoms with van der Waals surface area (Å²) >= 11 is 6.31. The summed E-state index contributed by atoms with van der Waals surface area (Å²) in [6.45, 7) is 0. The summed E-state index contributed by atoms with van der Waals surface area (Å²) in [7, 11) is 0. The summed E-state index contributed by atoms with van der Waals surface area (Å²) in [5, 5.41) is 0.955. The maximum Gasteiger partial charge on any atom is 0.0411 e.